The highest BCUT2D eigenvalue weighted by atomic mass is 35.5. The molecule has 2 unspecified atom stereocenters. The van der Waals surface area contributed by atoms with Crippen LogP contribution in [0.1, 0.15) is 31.7 Å². The summed E-state index contributed by atoms with van der Waals surface area (Å²) in [6, 6.07) is 10.6. The lowest BCUT2D eigenvalue weighted by atomic mass is 9.89. The van der Waals surface area contributed by atoms with E-state index < -0.39 is 0 Å². The summed E-state index contributed by atoms with van der Waals surface area (Å²) in [5.74, 6) is 0. The number of ether oxygens (including phenoxy) is 1. The van der Waals surface area contributed by atoms with Gasteiger partial charge in [0.25, 0.3) is 0 Å². The molecule has 0 spiro atoms. The molecule has 0 aromatic heterocycles. The van der Waals surface area contributed by atoms with Gasteiger partial charge in [-0.15, -0.1) is 11.6 Å². The number of hydrogen-bond donors (Lipinski definition) is 0. The van der Waals surface area contributed by atoms with Gasteiger partial charge in [0, 0.05) is 12.0 Å². The molecule has 88 valence electrons. The van der Waals surface area contributed by atoms with Crippen LogP contribution in [0.3, 0.4) is 0 Å². The van der Waals surface area contributed by atoms with E-state index >= 15 is 0 Å². The van der Waals surface area contributed by atoms with Crippen molar-refractivity contribution in [2.24, 2.45) is 0 Å². The van der Waals surface area contributed by atoms with E-state index in [1.807, 2.05) is 0 Å². The summed E-state index contributed by atoms with van der Waals surface area (Å²) >= 11 is 6.20. The number of alkyl halides is 1. The maximum absolute atomic E-state index is 6.20. The van der Waals surface area contributed by atoms with Crippen molar-refractivity contribution in [1.29, 1.82) is 0 Å². The van der Waals surface area contributed by atoms with Crippen molar-refractivity contribution in [1.82, 2.24) is 0 Å². The lowest BCUT2D eigenvalue weighted by Gasteiger charge is -2.36. The lowest BCUT2D eigenvalue weighted by Crippen LogP contribution is -2.37. The molecule has 1 nitrogen and oxygen atoms in total. The average Bonchev–Trinajstić information content (AvgIpc) is 2.28. The maximum Gasteiger partial charge on any atom is 0.0671 e. The first-order valence-electron chi connectivity index (χ1n) is 6.00. The number of aryl methyl sites for hydroxylation is 1. The zero-order chi connectivity index (χ0) is 11.4. The van der Waals surface area contributed by atoms with Crippen molar-refractivity contribution >= 4 is 11.6 Å². The van der Waals surface area contributed by atoms with E-state index in [0.717, 1.165) is 32.3 Å². The number of halogens is 1. The lowest BCUT2D eigenvalue weighted by molar-refractivity contribution is -0.0681. The van der Waals surface area contributed by atoms with E-state index in [1.54, 1.807) is 0 Å². The van der Waals surface area contributed by atoms with Gasteiger partial charge in [0.15, 0.2) is 0 Å². The van der Waals surface area contributed by atoms with Crippen LogP contribution in [0.25, 0.3) is 0 Å². The van der Waals surface area contributed by atoms with Crippen molar-refractivity contribution in [3.63, 3.8) is 0 Å². The summed E-state index contributed by atoms with van der Waals surface area (Å²) in [5, 5.41) is 0.287. The molecule has 2 rings (SSSR count). The first-order valence-corrected chi connectivity index (χ1v) is 6.44. The largest absolute Gasteiger partial charge is 0.375 e. The molecule has 1 fully saturated rings. The van der Waals surface area contributed by atoms with E-state index in [4.69, 9.17) is 16.3 Å². The fourth-order valence-electron chi connectivity index (χ4n) is 2.29. The zero-order valence-corrected chi connectivity index (χ0v) is 10.5. The second-order valence-corrected chi connectivity index (χ2v) is 5.49. The highest BCUT2D eigenvalue weighted by Crippen LogP contribution is 2.31. The molecule has 0 bridgehead atoms. The molecule has 0 radical (unpaired) electrons. The van der Waals surface area contributed by atoms with Gasteiger partial charge in [-0.25, -0.2) is 0 Å². The van der Waals surface area contributed by atoms with E-state index in [-0.39, 0.29) is 11.0 Å². The Kier molecular flexibility index (Phi) is 3.88. The molecule has 1 aromatic carbocycles. The summed E-state index contributed by atoms with van der Waals surface area (Å²) in [5.41, 5.74) is 1.35. The monoisotopic (exact) mass is 238 g/mol. The predicted octanol–water partition coefficient (Wildman–Crippen LogP) is 3.80. The Bertz CT molecular complexity index is 325. The van der Waals surface area contributed by atoms with Crippen molar-refractivity contribution in [2.45, 2.75) is 43.6 Å². The van der Waals surface area contributed by atoms with E-state index in [0.29, 0.717) is 0 Å². The summed E-state index contributed by atoms with van der Waals surface area (Å²) in [6.07, 6.45) is 4.09. The molecule has 16 heavy (non-hydrogen) atoms. The highest BCUT2D eigenvalue weighted by molar-refractivity contribution is 6.20. The molecule has 0 aliphatic carbocycles. The molecule has 2 heteroatoms. The van der Waals surface area contributed by atoms with Gasteiger partial charge < -0.3 is 4.74 Å². The molecule has 2 atom stereocenters. The highest BCUT2D eigenvalue weighted by Gasteiger charge is 2.31. The molecule has 1 aliphatic rings. The third kappa shape index (κ3) is 3.23. The zero-order valence-electron chi connectivity index (χ0n) is 9.79. The molecular formula is C14H19ClO. The quantitative estimate of drug-likeness (QED) is 0.728. The van der Waals surface area contributed by atoms with Gasteiger partial charge >= 0.3 is 0 Å². The van der Waals surface area contributed by atoms with Crippen LogP contribution in [0, 0.1) is 0 Å². The van der Waals surface area contributed by atoms with Gasteiger partial charge in [-0.1, -0.05) is 30.3 Å². The van der Waals surface area contributed by atoms with Crippen LogP contribution in [0.15, 0.2) is 30.3 Å². The molecule has 1 saturated heterocycles. The molecule has 1 aliphatic heterocycles. The minimum atomic E-state index is -0.0273. The van der Waals surface area contributed by atoms with Gasteiger partial charge in [-0.2, -0.15) is 0 Å². The molecule has 0 saturated carbocycles. The third-order valence-electron chi connectivity index (χ3n) is 3.32. The van der Waals surface area contributed by atoms with Crippen LogP contribution in [0.2, 0.25) is 0 Å². The first-order chi connectivity index (χ1) is 7.68. The minimum Gasteiger partial charge on any atom is -0.375 e. The van der Waals surface area contributed by atoms with E-state index in [2.05, 4.69) is 37.3 Å². The fraction of sp³-hybridized carbons (Fsp3) is 0.571. The second-order valence-electron chi connectivity index (χ2n) is 4.87. The molecule has 0 N–H and O–H groups in total. The van der Waals surface area contributed by atoms with Gasteiger partial charge in [0.2, 0.25) is 0 Å². The molecule has 0 amide bonds. The van der Waals surface area contributed by atoms with Gasteiger partial charge in [0.1, 0.15) is 0 Å². The number of benzene rings is 1. The summed E-state index contributed by atoms with van der Waals surface area (Å²) in [4.78, 5) is 0. The van der Waals surface area contributed by atoms with Crippen LogP contribution in [0.4, 0.5) is 0 Å². The third-order valence-corrected chi connectivity index (χ3v) is 3.69. The van der Waals surface area contributed by atoms with Gasteiger partial charge in [-0.05, 0) is 38.2 Å². The second kappa shape index (κ2) is 5.20. The summed E-state index contributed by atoms with van der Waals surface area (Å²) < 4.78 is 5.87. The number of rotatable bonds is 3. The van der Waals surface area contributed by atoms with E-state index in [1.165, 1.54) is 5.56 Å². The Hall–Kier alpha value is -0.530. The molecule has 1 aromatic rings. The van der Waals surface area contributed by atoms with Gasteiger partial charge in [0.05, 0.1) is 5.60 Å². The van der Waals surface area contributed by atoms with E-state index in [9.17, 15) is 0 Å². The standard InChI is InChI=1S/C14H19ClO/c1-14(11-13(15)8-10-16-14)9-7-12-5-3-2-4-6-12/h2-6,13H,7-11H2,1H3. The van der Waals surface area contributed by atoms with Gasteiger partial charge in [-0.3, -0.25) is 0 Å². The Morgan fingerprint density at radius 3 is 2.81 bits per heavy atom. The topological polar surface area (TPSA) is 9.23 Å². The predicted molar refractivity (Wildman–Crippen MR) is 68.0 cm³/mol. The fourth-order valence-corrected chi connectivity index (χ4v) is 2.71. The van der Waals surface area contributed by atoms with Crippen LogP contribution in [0.5, 0.6) is 0 Å². The Morgan fingerprint density at radius 2 is 2.12 bits per heavy atom. The number of hydrogen-bond acceptors (Lipinski definition) is 1. The minimum absolute atomic E-state index is 0.0273. The van der Waals surface area contributed by atoms with Crippen molar-refractivity contribution < 1.29 is 4.74 Å². The van der Waals surface area contributed by atoms with Crippen molar-refractivity contribution in [3.8, 4) is 0 Å². The van der Waals surface area contributed by atoms with Crippen molar-refractivity contribution in [2.75, 3.05) is 6.61 Å². The van der Waals surface area contributed by atoms with Crippen LogP contribution in [-0.4, -0.2) is 17.6 Å². The van der Waals surface area contributed by atoms with Crippen LogP contribution < -0.4 is 0 Å². The maximum atomic E-state index is 6.20. The molecular weight excluding hydrogens is 220 g/mol. The normalized spacial score (nSPS) is 30.2. The first kappa shape index (κ1) is 11.9. The van der Waals surface area contributed by atoms with Crippen LogP contribution >= 0.6 is 11.6 Å². The Balaban J connectivity index is 1.89. The van der Waals surface area contributed by atoms with Crippen LogP contribution in [-0.2, 0) is 11.2 Å². The summed E-state index contributed by atoms with van der Waals surface area (Å²) in [6.45, 7) is 2.99. The summed E-state index contributed by atoms with van der Waals surface area (Å²) in [7, 11) is 0. The average molecular weight is 239 g/mol. The smallest absolute Gasteiger partial charge is 0.0671 e. The molecule has 1 heterocycles. The van der Waals surface area contributed by atoms with Crippen molar-refractivity contribution in [3.05, 3.63) is 35.9 Å². The SMILES string of the molecule is CC1(CCc2ccccc2)CC(Cl)CCO1. The Labute approximate surface area is 103 Å². The Morgan fingerprint density at radius 1 is 1.38 bits per heavy atom.